The summed E-state index contributed by atoms with van der Waals surface area (Å²) in [7, 11) is 0. The van der Waals surface area contributed by atoms with Crippen molar-refractivity contribution in [2.75, 3.05) is 5.73 Å². The third kappa shape index (κ3) is 1.76. The number of rotatable bonds is 1. The molecule has 14 heavy (non-hydrogen) atoms. The summed E-state index contributed by atoms with van der Waals surface area (Å²) >= 11 is 7.47. The third-order valence-electron chi connectivity index (χ3n) is 2.09. The van der Waals surface area contributed by atoms with Crippen LogP contribution in [0.4, 0.5) is 5.69 Å². The van der Waals surface area contributed by atoms with Crippen molar-refractivity contribution >= 4 is 28.6 Å². The maximum absolute atomic E-state index is 5.89. The van der Waals surface area contributed by atoms with Crippen LogP contribution in [0.1, 0.15) is 5.56 Å². The lowest BCUT2D eigenvalue weighted by Crippen LogP contribution is -1.86. The minimum Gasteiger partial charge on any atom is -0.399 e. The molecule has 2 rings (SSSR count). The fourth-order valence-corrected chi connectivity index (χ4v) is 2.56. The van der Waals surface area contributed by atoms with Gasteiger partial charge >= 0.3 is 0 Å². The monoisotopic (exact) mass is 223 g/mol. The molecule has 0 spiro atoms. The summed E-state index contributed by atoms with van der Waals surface area (Å²) in [5.41, 5.74) is 8.88. The molecule has 72 valence electrons. The van der Waals surface area contributed by atoms with Crippen molar-refractivity contribution in [2.45, 2.75) is 6.92 Å². The molecule has 2 N–H and O–H groups in total. The summed E-state index contributed by atoms with van der Waals surface area (Å²) in [5, 5.41) is 0. The van der Waals surface area contributed by atoms with Gasteiger partial charge in [0.2, 0.25) is 0 Å². The van der Waals surface area contributed by atoms with E-state index in [1.54, 1.807) is 11.3 Å². The van der Waals surface area contributed by atoms with Gasteiger partial charge in [0.25, 0.3) is 0 Å². The van der Waals surface area contributed by atoms with E-state index in [-0.39, 0.29) is 0 Å². The minimum atomic E-state index is 0.800. The zero-order chi connectivity index (χ0) is 10.1. The quantitative estimate of drug-likeness (QED) is 0.728. The lowest BCUT2D eigenvalue weighted by Gasteiger charge is -2.03. The Kier molecular flexibility index (Phi) is 2.48. The lowest BCUT2D eigenvalue weighted by molar-refractivity contribution is 1.48. The number of hydrogen-bond donors (Lipinski definition) is 1. The van der Waals surface area contributed by atoms with Gasteiger partial charge in [-0.1, -0.05) is 17.7 Å². The molecule has 1 nitrogen and oxygen atoms in total. The van der Waals surface area contributed by atoms with Crippen LogP contribution in [0, 0.1) is 6.92 Å². The van der Waals surface area contributed by atoms with Crippen LogP contribution >= 0.6 is 22.9 Å². The molecule has 0 amide bonds. The molecule has 0 radical (unpaired) electrons. The molecule has 1 aromatic carbocycles. The smallest absolute Gasteiger partial charge is 0.0934 e. The Bertz CT molecular complexity index is 462. The number of nitrogens with two attached hydrogens (primary N) is 1. The average molecular weight is 224 g/mol. The Morgan fingerprint density at radius 2 is 2.00 bits per heavy atom. The zero-order valence-corrected chi connectivity index (χ0v) is 9.32. The molecule has 0 unspecified atom stereocenters. The molecular formula is C11H10ClNS. The molecule has 0 bridgehead atoms. The molecule has 0 aliphatic heterocycles. The van der Waals surface area contributed by atoms with E-state index < -0.39 is 0 Å². The van der Waals surface area contributed by atoms with Crippen molar-refractivity contribution in [1.29, 1.82) is 0 Å². The van der Waals surface area contributed by atoms with Gasteiger partial charge < -0.3 is 5.73 Å². The molecule has 2 aromatic rings. The van der Waals surface area contributed by atoms with Gasteiger partial charge in [0.1, 0.15) is 0 Å². The van der Waals surface area contributed by atoms with Gasteiger partial charge in [0.05, 0.1) is 4.34 Å². The standard InChI is InChI=1S/C11H10ClNS/c1-7-6-8(13)2-3-9(7)10-4-5-11(12)14-10/h2-6H,13H2,1H3. The molecule has 3 heteroatoms. The van der Waals surface area contributed by atoms with Crippen molar-refractivity contribution in [3.8, 4) is 10.4 Å². The third-order valence-corrected chi connectivity index (χ3v) is 3.35. The van der Waals surface area contributed by atoms with Crippen molar-refractivity contribution < 1.29 is 0 Å². The van der Waals surface area contributed by atoms with E-state index in [0.29, 0.717) is 0 Å². The molecule has 0 aliphatic rings. The van der Waals surface area contributed by atoms with Crippen LogP contribution in [0.5, 0.6) is 0 Å². The number of anilines is 1. The molecule has 1 heterocycles. The number of thiophene rings is 1. The Balaban J connectivity index is 2.52. The minimum absolute atomic E-state index is 0.800. The molecule has 0 saturated carbocycles. The van der Waals surface area contributed by atoms with E-state index in [1.807, 2.05) is 30.3 Å². The summed E-state index contributed by atoms with van der Waals surface area (Å²) in [4.78, 5) is 1.19. The predicted molar refractivity (Wildman–Crippen MR) is 63.9 cm³/mol. The summed E-state index contributed by atoms with van der Waals surface area (Å²) in [6.45, 7) is 2.05. The Morgan fingerprint density at radius 3 is 2.57 bits per heavy atom. The highest BCUT2D eigenvalue weighted by atomic mass is 35.5. The number of nitrogen functional groups attached to an aromatic ring is 1. The van der Waals surface area contributed by atoms with E-state index in [1.165, 1.54) is 16.0 Å². The first-order valence-electron chi connectivity index (χ1n) is 4.28. The maximum atomic E-state index is 5.89. The van der Waals surface area contributed by atoms with Crippen LogP contribution in [0.25, 0.3) is 10.4 Å². The maximum Gasteiger partial charge on any atom is 0.0934 e. The highest BCUT2D eigenvalue weighted by Gasteiger charge is 2.04. The summed E-state index contributed by atoms with van der Waals surface area (Å²) in [5.74, 6) is 0. The van der Waals surface area contributed by atoms with Gasteiger partial charge in [-0.15, -0.1) is 11.3 Å². The van der Waals surface area contributed by atoms with Crippen LogP contribution in [-0.4, -0.2) is 0 Å². The predicted octanol–water partition coefficient (Wildman–Crippen LogP) is 3.96. The van der Waals surface area contributed by atoms with E-state index in [4.69, 9.17) is 17.3 Å². The topological polar surface area (TPSA) is 26.0 Å². The summed E-state index contributed by atoms with van der Waals surface area (Å²) in [6, 6.07) is 9.87. The van der Waals surface area contributed by atoms with Crippen molar-refractivity contribution in [2.24, 2.45) is 0 Å². The normalized spacial score (nSPS) is 10.4. The fraction of sp³-hybridized carbons (Fsp3) is 0.0909. The Labute approximate surface area is 92.1 Å². The van der Waals surface area contributed by atoms with Gasteiger partial charge in [0.15, 0.2) is 0 Å². The van der Waals surface area contributed by atoms with Crippen LogP contribution < -0.4 is 5.73 Å². The SMILES string of the molecule is Cc1cc(N)ccc1-c1ccc(Cl)s1. The van der Waals surface area contributed by atoms with E-state index in [2.05, 4.69) is 6.92 Å². The van der Waals surface area contributed by atoms with Gasteiger partial charge in [-0.2, -0.15) is 0 Å². The first-order chi connectivity index (χ1) is 6.66. The van der Waals surface area contributed by atoms with Gasteiger partial charge in [-0.25, -0.2) is 0 Å². The zero-order valence-electron chi connectivity index (χ0n) is 7.75. The fourth-order valence-electron chi connectivity index (χ4n) is 1.42. The first-order valence-corrected chi connectivity index (χ1v) is 5.48. The first kappa shape index (κ1) is 9.56. The van der Waals surface area contributed by atoms with E-state index in [0.717, 1.165) is 10.0 Å². The largest absolute Gasteiger partial charge is 0.399 e. The second kappa shape index (κ2) is 3.64. The highest BCUT2D eigenvalue weighted by molar-refractivity contribution is 7.19. The Morgan fingerprint density at radius 1 is 1.21 bits per heavy atom. The van der Waals surface area contributed by atoms with Gasteiger partial charge in [-0.05, 0) is 42.3 Å². The number of halogens is 1. The molecular weight excluding hydrogens is 214 g/mol. The summed E-state index contributed by atoms with van der Waals surface area (Å²) in [6.07, 6.45) is 0. The molecule has 1 aromatic heterocycles. The van der Waals surface area contributed by atoms with Gasteiger partial charge in [0, 0.05) is 10.6 Å². The number of aryl methyl sites for hydroxylation is 1. The van der Waals surface area contributed by atoms with E-state index >= 15 is 0 Å². The second-order valence-corrected chi connectivity index (χ2v) is 4.89. The lowest BCUT2D eigenvalue weighted by atomic mass is 10.1. The van der Waals surface area contributed by atoms with Crippen molar-refractivity contribution in [3.05, 3.63) is 40.2 Å². The van der Waals surface area contributed by atoms with E-state index in [9.17, 15) is 0 Å². The average Bonchev–Trinajstić information content (AvgIpc) is 2.51. The molecule has 0 saturated heterocycles. The molecule has 0 atom stereocenters. The molecule has 0 fully saturated rings. The summed E-state index contributed by atoms with van der Waals surface area (Å²) < 4.78 is 0.816. The Hall–Kier alpha value is -0.990. The molecule has 0 aliphatic carbocycles. The van der Waals surface area contributed by atoms with Crippen LogP contribution in [0.15, 0.2) is 30.3 Å². The van der Waals surface area contributed by atoms with Crippen molar-refractivity contribution in [3.63, 3.8) is 0 Å². The highest BCUT2D eigenvalue weighted by Crippen LogP contribution is 2.33. The number of benzene rings is 1. The second-order valence-electron chi connectivity index (χ2n) is 3.18. The number of hydrogen-bond acceptors (Lipinski definition) is 2. The van der Waals surface area contributed by atoms with Crippen LogP contribution in [-0.2, 0) is 0 Å². The van der Waals surface area contributed by atoms with Gasteiger partial charge in [-0.3, -0.25) is 0 Å². The van der Waals surface area contributed by atoms with Crippen molar-refractivity contribution in [1.82, 2.24) is 0 Å². The van der Waals surface area contributed by atoms with Crippen LogP contribution in [0.2, 0.25) is 4.34 Å². The van der Waals surface area contributed by atoms with Crippen LogP contribution in [0.3, 0.4) is 0 Å².